The first kappa shape index (κ1) is 18.2. The van der Waals surface area contributed by atoms with E-state index in [9.17, 15) is 12.8 Å². The fourth-order valence-electron chi connectivity index (χ4n) is 2.81. The lowest BCUT2D eigenvalue weighted by Crippen LogP contribution is -2.49. The number of hydrogen-bond donors (Lipinski definition) is 0. The van der Waals surface area contributed by atoms with Crippen molar-refractivity contribution < 1.29 is 12.8 Å². The molecule has 0 radical (unpaired) electrons. The molecule has 1 saturated heterocycles. The molecule has 0 unspecified atom stereocenters. The summed E-state index contributed by atoms with van der Waals surface area (Å²) in [6.07, 6.45) is 0. The van der Waals surface area contributed by atoms with E-state index in [-0.39, 0.29) is 23.7 Å². The van der Waals surface area contributed by atoms with Crippen LogP contribution in [0.4, 0.5) is 10.3 Å². The maximum absolute atomic E-state index is 13.4. The average Bonchev–Trinajstić information content (AvgIpc) is 2.63. The van der Waals surface area contributed by atoms with Gasteiger partial charge >= 0.3 is 0 Å². The summed E-state index contributed by atoms with van der Waals surface area (Å²) in [4.78, 5) is 10.5. The zero-order valence-corrected chi connectivity index (χ0v) is 15.3. The highest BCUT2D eigenvalue weighted by Gasteiger charge is 2.29. The second-order valence-electron chi connectivity index (χ2n) is 6.11. The summed E-state index contributed by atoms with van der Waals surface area (Å²) in [5.41, 5.74) is 1.26. The quantitative estimate of drug-likeness (QED) is 0.810. The highest BCUT2D eigenvalue weighted by molar-refractivity contribution is 7.89. The monoisotopic (exact) mass is 375 g/mol. The van der Waals surface area contributed by atoms with Crippen LogP contribution in [0.3, 0.4) is 0 Å². The van der Waals surface area contributed by atoms with E-state index in [2.05, 4.69) is 9.97 Å². The molecule has 26 heavy (non-hydrogen) atoms. The van der Waals surface area contributed by atoms with Crippen LogP contribution in [0.25, 0.3) is 0 Å². The summed E-state index contributed by atoms with van der Waals surface area (Å²) in [7, 11) is -3.68. The molecule has 0 atom stereocenters. The van der Waals surface area contributed by atoms with Gasteiger partial charge in [0.2, 0.25) is 16.0 Å². The second-order valence-corrected chi connectivity index (χ2v) is 8.05. The number of halogens is 1. The number of hydrogen-bond acceptors (Lipinski definition) is 6. The molecule has 2 heterocycles. The van der Waals surface area contributed by atoms with Crippen LogP contribution >= 0.6 is 0 Å². The summed E-state index contributed by atoms with van der Waals surface area (Å²) in [5.74, 6) is -0.00473. The van der Waals surface area contributed by atoms with Crippen molar-refractivity contribution >= 4 is 16.0 Å². The first-order valence-corrected chi connectivity index (χ1v) is 9.52. The van der Waals surface area contributed by atoms with Crippen LogP contribution in [0.15, 0.2) is 29.2 Å². The maximum atomic E-state index is 13.4. The highest BCUT2D eigenvalue weighted by atomic mass is 32.2. The van der Waals surface area contributed by atoms with E-state index >= 15 is 0 Å². The lowest BCUT2D eigenvalue weighted by molar-refractivity contribution is 0.382. The predicted molar refractivity (Wildman–Crippen MR) is 93.6 cm³/mol. The molecule has 0 saturated carbocycles. The maximum Gasteiger partial charge on any atom is 0.243 e. The Morgan fingerprint density at radius 3 is 2.42 bits per heavy atom. The third kappa shape index (κ3) is 3.52. The van der Waals surface area contributed by atoms with Crippen molar-refractivity contribution in [3.8, 4) is 6.07 Å². The van der Waals surface area contributed by atoms with Crippen molar-refractivity contribution in [2.75, 3.05) is 31.1 Å². The van der Waals surface area contributed by atoms with Crippen molar-refractivity contribution in [1.29, 1.82) is 5.26 Å². The molecule has 0 amide bonds. The van der Waals surface area contributed by atoms with E-state index in [1.165, 1.54) is 29.4 Å². The Bertz CT molecular complexity index is 979. The van der Waals surface area contributed by atoms with Gasteiger partial charge in [-0.3, -0.25) is 0 Å². The topological polar surface area (TPSA) is 90.2 Å². The number of rotatable bonds is 3. The second kappa shape index (κ2) is 6.97. The summed E-state index contributed by atoms with van der Waals surface area (Å²) in [6.45, 7) is 4.66. The van der Waals surface area contributed by atoms with E-state index in [0.29, 0.717) is 30.3 Å². The third-order valence-electron chi connectivity index (χ3n) is 4.25. The van der Waals surface area contributed by atoms with Gasteiger partial charge in [-0.25, -0.2) is 22.8 Å². The largest absolute Gasteiger partial charge is 0.338 e. The molecule has 1 aliphatic heterocycles. The normalized spacial score (nSPS) is 15.7. The SMILES string of the molecule is Cc1cc(C#N)nc(N2CCN(S(=O)(=O)c3ccc(F)c(C)c3)CC2)n1. The van der Waals surface area contributed by atoms with Crippen LogP contribution in [0, 0.1) is 31.0 Å². The van der Waals surface area contributed by atoms with Crippen molar-refractivity contribution in [3.05, 3.63) is 47.0 Å². The molecular weight excluding hydrogens is 357 g/mol. The predicted octanol–water partition coefficient (Wildman–Crippen LogP) is 1.62. The summed E-state index contributed by atoms with van der Waals surface area (Å²) in [6, 6.07) is 7.40. The molecule has 3 rings (SSSR count). The molecule has 0 spiro atoms. The van der Waals surface area contributed by atoms with Crippen molar-refractivity contribution in [3.63, 3.8) is 0 Å². The number of sulfonamides is 1. The van der Waals surface area contributed by atoms with E-state index in [1.807, 2.05) is 11.0 Å². The molecule has 0 aliphatic carbocycles. The Morgan fingerprint density at radius 2 is 1.81 bits per heavy atom. The van der Waals surface area contributed by atoms with E-state index in [1.54, 1.807) is 13.0 Å². The highest BCUT2D eigenvalue weighted by Crippen LogP contribution is 2.21. The van der Waals surface area contributed by atoms with Gasteiger partial charge in [-0.2, -0.15) is 9.57 Å². The lowest BCUT2D eigenvalue weighted by Gasteiger charge is -2.34. The number of nitriles is 1. The van der Waals surface area contributed by atoms with Crippen LogP contribution in [-0.2, 0) is 10.0 Å². The van der Waals surface area contributed by atoms with Gasteiger partial charge in [0.05, 0.1) is 4.90 Å². The smallest absolute Gasteiger partial charge is 0.243 e. The van der Waals surface area contributed by atoms with Gasteiger partial charge in [0.15, 0.2) is 0 Å². The molecule has 1 aliphatic rings. The fourth-order valence-corrected chi connectivity index (χ4v) is 4.31. The Hall–Kier alpha value is -2.57. The zero-order chi connectivity index (χ0) is 18.9. The van der Waals surface area contributed by atoms with Gasteiger partial charge in [-0.1, -0.05) is 0 Å². The number of aromatic nitrogens is 2. The number of anilines is 1. The van der Waals surface area contributed by atoms with Gasteiger partial charge in [-0.05, 0) is 43.7 Å². The van der Waals surface area contributed by atoms with Crippen LogP contribution < -0.4 is 4.90 Å². The summed E-state index contributed by atoms with van der Waals surface area (Å²) >= 11 is 0. The first-order valence-electron chi connectivity index (χ1n) is 8.08. The molecule has 1 aromatic carbocycles. The Balaban J connectivity index is 1.76. The van der Waals surface area contributed by atoms with Crippen LogP contribution in [0.5, 0.6) is 0 Å². The molecule has 1 aromatic heterocycles. The first-order chi connectivity index (χ1) is 12.3. The summed E-state index contributed by atoms with van der Waals surface area (Å²) in [5, 5.41) is 9.03. The molecule has 0 N–H and O–H groups in total. The molecule has 136 valence electrons. The molecule has 9 heteroatoms. The van der Waals surface area contributed by atoms with E-state index in [4.69, 9.17) is 5.26 Å². The molecule has 1 fully saturated rings. The van der Waals surface area contributed by atoms with Crippen LogP contribution in [-0.4, -0.2) is 48.9 Å². The Morgan fingerprint density at radius 1 is 1.12 bits per heavy atom. The minimum atomic E-state index is -3.68. The minimum absolute atomic E-state index is 0.0865. The van der Waals surface area contributed by atoms with Crippen molar-refractivity contribution in [1.82, 2.24) is 14.3 Å². The van der Waals surface area contributed by atoms with Gasteiger partial charge in [0, 0.05) is 31.9 Å². The summed E-state index contributed by atoms with van der Waals surface area (Å²) < 4.78 is 40.3. The van der Waals surface area contributed by atoms with Gasteiger partial charge in [0.1, 0.15) is 17.6 Å². The fraction of sp³-hybridized carbons (Fsp3) is 0.353. The van der Waals surface area contributed by atoms with Gasteiger partial charge in [0.25, 0.3) is 0 Å². The Labute approximate surface area is 151 Å². The molecular formula is C17H18FN5O2S. The Kier molecular flexibility index (Phi) is 4.89. The van der Waals surface area contributed by atoms with Crippen molar-refractivity contribution in [2.45, 2.75) is 18.7 Å². The van der Waals surface area contributed by atoms with E-state index in [0.717, 1.165) is 0 Å². The minimum Gasteiger partial charge on any atom is -0.338 e. The van der Waals surface area contributed by atoms with E-state index < -0.39 is 15.8 Å². The molecule has 2 aromatic rings. The number of piperazine rings is 1. The third-order valence-corrected chi connectivity index (χ3v) is 6.14. The van der Waals surface area contributed by atoms with Gasteiger partial charge in [-0.15, -0.1) is 0 Å². The lowest BCUT2D eigenvalue weighted by atomic mass is 10.2. The van der Waals surface area contributed by atoms with Crippen LogP contribution in [0.1, 0.15) is 17.0 Å². The standard InChI is InChI=1S/C17H18FN5O2S/c1-12-9-15(3-4-16(12)18)26(24,25)23-7-5-22(6-8-23)17-20-13(2)10-14(11-19)21-17/h3-4,9-10H,5-8H2,1-2H3. The van der Waals surface area contributed by atoms with Crippen LogP contribution in [0.2, 0.25) is 0 Å². The number of nitrogens with zero attached hydrogens (tertiary/aromatic N) is 5. The number of benzene rings is 1. The number of aryl methyl sites for hydroxylation is 2. The average molecular weight is 375 g/mol. The molecule has 7 nitrogen and oxygen atoms in total. The molecule has 0 bridgehead atoms. The van der Waals surface area contributed by atoms with Crippen molar-refractivity contribution in [2.24, 2.45) is 0 Å². The van der Waals surface area contributed by atoms with Gasteiger partial charge < -0.3 is 4.90 Å². The zero-order valence-electron chi connectivity index (χ0n) is 14.5.